The van der Waals surface area contributed by atoms with Crippen LogP contribution in [0.3, 0.4) is 0 Å². The molecule has 6 aromatic rings. The summed E-state index contributed by atoms with van der Waals surface area (Å²) in [7, 11) is -1.96. The molecule has 4 heteroatoms. The van der Waals surface area contributed by atoms with Gasteiger partial charge in [0, 0.05) is 27.5 Å². The van der Waals surface area contributed by atoms with Gasteiger partial charge in [0.25, 0.3) is 0 Å². The topological polar surface area (TPSA) is 18.5 Å². The minimum Gasteiger partial charge on any atom is -0.457 e. The summed E-state index contributed by atoms with van der Waals surface area (Å²) in [5, 5.41) is 2.74. The molecule has 2 aliphatic carbocycles. The summed E-state index contributed by atoms with van der Waals surface area (Å²) in [5.74, 6) is 3.99. The maximum atomic E-state index is 7.10. The highest BCUT2D eigenvalue weighted by atomic mass is 32.2. The first-order valence-corrected chi connectivity index (χ1v) is 20.7. The molecule has 0 atom stereocenters. The van der Waals surface area contributed by atoms with Crippen molar-refractivity contribution in [3.8, 4) is 56.4 Å². The van der Waals surface area contributed by atoms with Gasteiger partial charge in [0.05, 0.1) is 9.79 Å². The lowest BCUT2D eigenvalue weighted by atomic mass is 9.82. The number of fused-ring (bicyclic) bond motifs is 12. The van der Waals surface area contributed by atoms with E-state index in [1.54, 1.807) is 0 Å². The van der Waals surface area contributed by atoms with Crippen molar-refractivity contribution in [3.05, 3.63) is 131 Å². The molecule has 2 aliphatic heterocycles. The second-order valence-corrected chi connectivity index (χ2v) is 20.7. The fourth-order valence-electron chi connectivity index (χ4n) is 8.98. The zero-order valence-electron chi connectivity index (χ0n) is 28.1. The Morgan fingerprint density at radius 1 is 0.500 bits per heavy atom. The van der Waals surface area contributed by atoms with E-state index in [4.69, 9.17) is 9.47 Å². The summed E-state index contributed by atoms with van der Waals surface area (Å²) < 4.78 is 14.0. The van der Waals surface area contributed by atoms with Gasteiger partial charge in [-0.3, -0.25) is 0 Å². The van der Waals surface area contributed by atoms with Crippen LogP contribution in [0.1, 0.15) is 49.9 Å². The van der Waals surface area contributed by atoms with Crippen molar-refractivity contribution >= 4 is 30.2 Å². The Morgan fingerprint density at radius 2 is 1.15 bits per heavy atom. The summed E-state index contributed by atoms with van der Waals surface area (Å²) in [5.41, 5.74) is 12.5. The Balaban J connectivity index is 1.14. The van der Waals surface area contributed by atoms with Crippen LogP contribution in [-0.4, -0.2) is 8.07 Å². The van der Waals surface area contributed by atoms with E-state index in [0.717, 1.165) is 39.0 Å². The molecule has 48 heavy (non-hydrogen) atoms. The van der Waals surface area contributed by atoms with Crippen molar-refractivity contribution in [1.82, 2.24) is 0 Å². The normalized spacial score (nSPS) is 17.3. The Kier molecular flexibility index (Phi) is 5.54. The van der Waals surface area contributed by atoms with Crippen molar-refractivity contribution in [1.29, 1.82) is 0 Å². The van der Waals surface area contributed by atoms with Crippen LogP contribution in [0.4, 0.5) is 0 Å². The summed E-state index contributed by atoms with van der Waals surface area (Å²) in [6.45, 7) is 14.3. The predicted molar refractivity (Wildman–Crippen MR) is 201 cm³/mol. The third-order valence-electron chi connectivity index (χ3n) is 11.6. The SMILES string of the molecule is CC1(C)c2ccccc2-c2c1ccc1c2Oc2c(cccc2-c2ccc3c(c2)-c2c(ccc4c2Oc2ccccc2[Si]4(C)C)C3(C)C)S1. The third kappa shape index (κ3) is 3.55. The molecule has 2 heterocycles. The number of rotatable bonds is 1. The van der Waals surface area contributed by atoms with Crippen LogP contribution in [0.15, 0.2) is 119 Å². The first-order valence-electron chi connectivity index (χ1n) is 16.9. The lowest BCUT2D eigenvalue weighted by Gasteiger charge is -2.34. The average molecular weight is 657 g/mol. The number of hydrogen-bond acceptors (Lipinski definition) is 3. The summed E-state index contributed by atoms with van der Waals surface area (Å²) in [4.78, 5) is 2.32. The summed E-state index contributed by atoms with van der Waals surface area (Å²) >= 11 is 1.82. The molecule has 0 radical (unpaired) electrons. The van der Waals surface area contributed by atoms with Crippen LogP contribution in [0.25, 0.3) is 33.4 Å². The summed E-state index contributed by atoms with van der Waals surface area (Å²) in [6, 6.07) is 40.4. The van der Waals surface area contributed by atoms with Gasteiger partial charge in [-0.1, -0.05) is 137 Å². The van der Waals surface area contributed by atoms with Gasteiger partial charge in [-0.25, -0.2) is 0 Å². The molecule has 2 nitrogen and oxygen atoms in total. The number of para-hydroxylation sites is 2. The van der Waals surface area contributed by atoms with Crippen molar-refractivity contribution < 1.29 is 9.47 Å². The highest BCUT2D eigenvalue weighted by Gasteiger charge is 2.44. The Morgan fingerprint density at radius 3 is 1.98 bits per heavy atom. The van der Waals surface area contributed by atoms with E-state index in [1.165, 1.54) is 59.8 Å². The van der Waals surface area contributed by atoms with E-state index in [2.05, 4.69) is 150 Å². The van der Waals surface area contributed by atoms with Gasteiger partial charge in [0.1, 0.15) is 31.1 Å². The molecule has 6 aromatic carbocycles. The van der Waals surface area contributed by atoms with Gasteiger partial charge >= 0.3 is 0 Å². The molecule has 0 amide bonds. The zero-order chi connectivity index (χ0) is 32.7. The van der Waals surface area contributed by atoms with E-state index in [9.17, 15) is 0 Å². The van der Waals surface area contributed by atoms with Crippen LogP contribution in [0.5, 0.6) is 23.0 Å². The summed E-state index contributed by atoms with van der Waals surface area (Å²) in [6.07, 6.45) is 0. The standard InChI is InChI=1S/C44H36O2SSi/c1-43(2)29-14-8-7-12-27(29)38-31(43)20-22-35-41(38)46-40-26(13-11-16-34(40)47-35)25-18-19-30-28(24-25)39-32(44(30,3)4)21-23-37-42(39)45-33-15-9-10-17-36(33)48(37,5)6/h7-24H,1-6H3. The van der Waals surface area contributed by atoms with E-state index in [-0.39, 0.29) is 10.8 Å². The Hall–Kier alpha value is -4.51. The second-order valence-electron chi connectivity index (χ2n) is 15.3. The molecule has 0 saturated carbocycles. The number of hydrogen-bond donors (Lipinski definition) is 0. The molecule has 0 bridgehead atoms. The molecule has 0 fully saturated rings. The largest absolute Gasteiger partial charge is 0.457 e. The number of ether oxygens (including phenoxy) is 2. The molecule has 10 rings (SSSR count). The minimum atomic E-state index is -1.96. The molecule has 0 aromatic heterocycles. The van der Waals surface area contributed by atoms with Gasteiger partial charge in [0.15, 0.2) is 0 Å². The first kappa shape index (κ1) is 28.5. The average Bonchev–Trinajstić information content (AvgIpc) is 3.46. The van der Waals surface area contributed by atoms with Crippen LogP contribution in [0, 0.1) is 0 Å². The van der Waals surface area contributed by atoms with Crippen molar-refractivity contribution in [3.63, 3.8) is 0 Å². The van der Waals surface area contributed by atoms with Gasteiger partial charge in [-0.15, -0.1) is 0 Å². The molecule has 0 N–H and O–H groups in total. The van der Waals surface area contributed by atoms with Crippen LogP contribution < -0.4 is 19.8 Å². The zero-order valence-corrected chi connectivity index (χ0v) is 29.9. The fourth-order valence-corrected chi connectivity index (χ4v) is 12.8. The molecule has 234 valence electrons. The molecule has 4 aliphatic rings. The molecule has 0 spiro atoms. The fraction of sp³-hybridized carbons (Fsp3) is 0.182. The molecular formula is C44H36O2SSi. The molecule has 0 unspecified atom stereocenters. The lowest BCUT2D eigenvalue weighted by Crippen LogP contribution is -2.56. The van der Waals surface area contributed by atoms with E-state index in [1.807, 2.05) is 11.8 Å². The van der Waals surface area contributed by atoms with Crippen molar-refractivity contribution in [2.75, 3.05) is 0 Å². The maximum absolute atomic E-state index is 7.10. The van der Waals surface area contributed by atoms with Crippen molar-refractivity contribution in [2.45, 2.75) is 61.4 Å². The maximum Gasteiger partial charge on any atom is 0.149 e. The van der Waals surface area contributed by atoms with Gasteiger partial charge in [-0.2, -0.15) is 0 Å². The monoisotopic (exact) mass is 656 g/mol. The highest BCUT2D eigenvalue weighted by Crippen LogP contribution is 2.60. The quantitative estimate of drug-likeness (QED) is 0.164. The molecular weight excluding hydrogens is 621 g/mol. The minimum absolute atomic E-state index is 0.0753. The highest BCUT2D eigenvalue weighted by molar-refractivity contribution is 7.99. The van der Waals surface area contributed by atoms with Crippen molar-refractivity contribution in [2.24, 2.45) is 0 Å². The number of benzene rings is 6. The van der Waals surface area contributed by atoms with Crippen LogP contribution >= 0.6 is 11.8 Å². The smallest absolute Gasteiger partial charge is 0.149 e. The third-order valence-corrected chi connectivity index (χ3v) is 16.2. The van der Waals surface area contributed by atoms with Crippen LogP contribution in [-0.2, 0) is 10.8 Å². The second kappa shape index (κ2) is 9.34. The van der Waals surface area contributed by atoms with E-state index >= 15 is 0 Å². The lowest BCUT2D eigenvalue weighted by molar-refractivity contribution is 0.457. The van der Waals surface area contributed by atoms with Crippen LogP contribution in [0.2, 0.25) is 13.1 Å². The van der Waals surface area contributed by atoms with E-state index < -0.39 is 8.07 Å². The first-order chi connectivity index (χ1) is 23.1. The van der Waals surface area contributed by atoms with Gasteiger partial charge < -0.3 is 9.47 Å². The van der Waals surface area contributed by atoms with Gasteiger partial charge in [-0.05, 0) is 73.6 Å². The van der Waals surface area contributed by atoms with E-state index in [0.29, 0.717) is 0 Å². The predicted octanol–water partition coefficient (Wildman–Crippen LogP) is 11.2. The Labute approximate surface area is 287 Å². The van der Waals surface area contributed by atoms with Gasteiger partial charge in [0.2, 0.25) is 0 Å². The molecule has 0 saturated heterocycles. The Bertz CT molecular complexity index is 2420.